The molecule has 0 unspecified atom stereocenters. The summed E-state index contributed by atoms with van der Waals surface area (Å²) < 4.78 is 0. The van der Waals surface area contributed by atoms with Crippen molar-refractivity contribution in [2.75, 3.05) is 33.2 Å². The fourth-order valence-corrected chi connectivity index (χ4v) is 2.80. The van der Waals surface area contributed by atoms with Gasteiger partial charge in [0.1, 0.15) is 0 Å². The number of nitrogens with one attached hydrogen (secondary N) is 2. The first kappa shape index (κ1) is 21.0. The van der Waals surface area contributed by atoms with Crippen LogP contribution in [-0.2, 0) is 0 Å². The van der Waals surface area contributed by atoms with E-state index in [1.54, 1.807) is 0 Å². The van der Waals surface area contributed by atoms with Crippen LogP contribution in [0.5, 0.6) is 0 Å². The molecule has 126 valence electrons. The fraction of sp³-hybridized carbons (Fsp3) is 0.938. The number of nitrogens with zero attached hydrogens (tertiary/aromatic N) is 2. The van der Waals surface area contributed by atoms with Crippen LogP contribution >= 0.6 is 24.0 Å². The van der Waals surface area contributed by atoms with Crippen molar-refractivity contribution in [3.63, 3.8) is 0 Å². The molecule has 21 heavy (non-hydrogen) atoms. The van der Waals surface area contributed by atoms with Gasteiger partial charge in [0.25, 0.3) is 0 Å². The summed E-state index contributed by atoms with van der Waals surface area (Å²) in [7, 11) is 2.28. The lowest BCUT2D eigenvalue weighted by Crippen LogP contribution is -2.40. The van der Waals surface area contributed by atoms with Gasteiger partial charge in [0.05, 0.1) is 0 Å². The largest absolute Gasteiger partial charge is 0.357 e. The molecule has 2 N–H and O–H groups in total. The van der Waals surface area contributed by atoms with Crippen LogP contribution in [0.4, 0.5) is 0 Å². The summed E-state index contributed by atoms with van der Waals surface area (Å²) in [4.78, 5) is 7.07. The first-order chi connectivity index (χ1) is 9.77. The molecule has 1 rings (SSSR count). The molecule has 0 saturated heterocycles. The predicted octanol–water partition coefficient (Wildman–Crippen LogP) is 3.22. The summed E-state index contributed by atoms with van der Waals surface area (Å²) in [5.41, 5.74) is 0. The molecule has 0 heterocycles. The van der Waals surface area contributed by atoms with Crippen LogP contribution in [0.3, 0.4) is 0 Å². The molecule has 0 atom stereocenters. The third kappa shape index (κ3) is 9.55. The van der Waals surface area contributed by atoms with E-state index in [2.05, 4.69) is 41.4 Å². The van der Waals surface area contributed by atoms with Gasteiger partial charge in [-0.15, -0.1) is 24.0 Å². The predicted molar refractivity (Wildman–Crippen MR) is 104 cm³/mol. The van der Waals surface area contributed by atoms with Crippen LogP contribution in [0.2, 0.25) is 0 Å². The van der Waals surface area contributed by atoms with E-state index in [0.29, 0.717) is 0 Å². The molecule has 0 spiro atoms. The van der Waals surface area contributed by atoms with Gasteiger partial charge in [-0.05, 0) is 46.2 Å². The quantitative estimate of drug-likeness (QED) is 0.279. The van der Waals surface area contributed by atoms with Gasteiger partial charge in [-0.25, -0.2) is 0 Å². The Hall–Kier alpha value is -0.0400. The molecule has 4 nitrogen and oxygen atoms in total. The van der Waals surface area contributed by atoms with E-state index in [9.17, 15) is 0 Å². The van der Waals surface area contributed by atoms with Crippen LogP contribution in [0, 0.1) is 0 Å². The summed E-state index contributed by atoms with van der Waals surface area (Å²) in [6.07, 6.45) is 9.34. The van der Waals surface area contributed by atoms with E-state index in [1.807, 2.05) is 0 Å². The van der Waals surface area contributed by atoms with Crippen molar-refractivity contribution in [3.05, 3.63) is 0 Å². The lowest BCUT2D eigenvalue weighted by atomic mass is 9.94. The van der Waals surface area contributed by atoms with Gasteiger partial charge >= 0.3 is 0 Å². The summed E-state index contributed by atoms with van der Waals surface area (Å²) >= 11 is 0. The molecule has 1 fully saturated rings. The normalized spacial score (nSPS) is 16.7. The Bertz CT molecular complexity index is 265. The van der Waals surface area contributed by atoms with Crippen LogP contribution in [0.15, 0.2) is 4.99 Å². The van der Waals surface area contributed by atoms with Gasteiger partial charge in [0, 0.05) is 25.7 Å². The molecular formula is C16H35IN4. The zero-order valence-corrected chi connectivity index (χ0v) is 16.5. The molecule has 5 heteroatoms. The molecule has 0 aromatic carbocycles. The SMILES string of the molecule is CCCN=C(NCC)NCCCN(C)C1CCCCC1.I. The van der Waals surface area contributed by atoms with E-state index in [1.165, 1.54) is 45.1 Å². The molecule has 1 saturated carbocycles. The van der Waals surface area contributed by atoms with Gasteiger partial charge in [0.15, 0.2) is 5.96 Å². The van der Waals surface area contributed by atoms with Crippen LogP contribution in [0.1, 0.15) is 58.8 Å². The molecule has 0 bridgehead atoms. The second kappa shape index (κ2) is 13.6. The molecule has 0 aromatic rings. The standard InChI is InChI=1S/C16H34N4.HI/c1-4-12-18-16(17-5-2)19-13-9-14-20(3)15-10-7-6-8-11-15;/h15H,4-14H2,1-3H3,(H2,17,18,19);1H. The van der Waals surface area contributed by atoms with Crippen molar-refractivity contribution >= 4 is 29.9 Å². The molecule has 1 aliphatic rings. The average molecular weight is 410 g/mol. The van der Waals surface area contributed by atoms with Crippen molar-refractivity contribution < 1.29 is 0 Å². The van der Waals surface area contributed by atoms with Crippen molar-refractivity contribution in [1.82, 2.24) is 15.5 Å². The van der Waals surface area contributed by atoms with Crippen LogP contribution < -0.4 is 10.6 Å². The molecule has 0 radical (unpaired) electrons. The van der Waals surface area contributed by atoms with Crippen molar-refractivity contribution in [3.8, 4) is 0 Å². The number of hydrogen-bond acceptors (Lipinski definition) is 2. The molecule has 1 aliphatic carbocycles. The number of guanidine groups is 1. The Balaban J connectivity index is 0.00000400. The number of hydrogen-bond donors (Lipinski definition) is 2. The highest BCUT2D eigenvalue weighted by molar-refractivity contribution is 14.0. The third-order valence-electron chi connectivity index (χ3n) is 4.02. The molecule has 0 amide bonds. The van der Waals surface area contributed by atoms with Gasteiger partial charge in [-0.3, -0.25) is 4.99 Å². The van der Waals surface area contributed by atoms with Crippen LogP contribution in [-0.4, -0.2) is 50.1 Å². The maximum absolute atomic E-state index is 4.52. The van der Waals surface area contributed by atoms with Crippen molar-refractivity contribution in [2.24, 2.45) is 4.99 Å². The van der Waals surface area contributed by atoms with E-state index in [0.717, 1.165) is 38.1 Å². The molecule has 0 aliphatic heterocycles. The average Bonchev–Trinajstić information content (AvgIpc) is 2.49. The minimum atomic E-state index is 0. The lowest BCUT2D eigenvalue weighted by Gasteiger charge is -2.31. The number of halogens is 1. The van der Waals surface area contributed by atoms with Crippen LogP contribution in [0.25, 0.3) is 0 Å². The highest BCUT2D eigenvalue weighted by atomic mass is 127. The Kier molecular flexibility index (Phi) is 13.6. The molecule has 0 aromatic heterocycles. The maximum Gasteiger partial charge on any atom is 0.191 e. The Labute approximate surface area is 148 Å². The van der Waals surface area contributed by atoms with E-state index >= 15 is 0 Å². The second-order valence-corrected chi connectivity index (χ2v) is 5.81. The number of aliphatic imine (C=N–C) groups is 1. The smallest absolute Gasteiger partial charge is 0.191 e. The lowest BCUT2D eigenvalue weighted by molar-refractivity contribution is 0.190. The van der Waals surface area contributed by atoms with Gasteiger partial charge in [0.2, 0.25) is 0 Å². The second-order valence-electron chi connectivity index (χ2n) is 5.81. The molecular weight excluding hydrogens is 375 g/mol. The van der Waals surface area contributed by atoms with Crippen molar-refractivity contribution in [2.45, 2.75) is 64.8 Å². The summed E-state index contributed by atoms with van der Waals surface area (Å²) in [5.74, 6) is 0.967. The van der Waals surface area contributed by atoms with E-state index < -0.39 is 0 Å². The Morgan fingerprint density at radius 2 is 1.86 bits per heavy atom. The van der Waals surface area contributed by atoms with E-state index in [-0.39, 0.29) is 24.0 Å². The van der Waals surface area contributed by atoms with Gasteiger partial charge < -0.3 is 15.5 Å². The monoisotopic (exact) mass is 410 g/mol. The summed E-state index contributed by atoms with van der Waals surface area (Å²) in [6, 6.07) is 0.825. The Morgan fingerprint density at radius 1 is 1.14 bits per heavy atom. The van der Waals surface area contributed by atoms with Gasteiger partial charge in [-0.2, -0.15) is 0 Å². The fourth-order valence-electron chi connectivity index (χ4n) is 2.80. The topological polar surface area (TPSA) is 39.7 Å². The maximum atomic E-state index is 4.52. The zero-order chi connectivity index (χ0) is 14.6. The van der Waals surface area contributed by atoms with Crippen molar-refractivity contribution in [1.29, 1.82) is 0 Å². The minimum Gasteiger partial charge on any atom is -0.357 e. The number of rotatable bonds is 8. The Morgan fingerprint density at radius 3 is 2.48 bits per heavy atom. The summed E-state index contributed by atoms with van der Waals surface area (Å²) in [5, 5.41) is 6.72. The summed E-state index contributed by atoms with van der Waals surface area (Å²) in [6.45, 7) is 8.29. The third-order valence-corrected chi connectivity index (χ3v) is 4.02. The highest BCUT2D eigenvalue weighted by Crippen LogP contribution is 2.21. The highest BCUT2D eigenvalue weighted by Gasteiger charge is 2.17. The minimum absolute atomic E-state index is 0. The first-order valence-corrected chi connectivity index (χ1v) is 8.50. The first-order valence-electron chi connectivity index (χ1n) is 8.50. The van der Waals surface area contributed by atoms with Gasteiger partial charge in [-0.1, -0.05) is 26.2 Å². The zero-order valence-electron chi connectivity index (χ0n) is 14.2. The van der Waals surface area contributed by atoms with E-state index in [4.69, 9.17) is 0 Å².